The Bertz CT molecular complexity index is 331. The Hall–Kier alpha value is -0.870. The van der Waals surface area contributed by atoms with Crippen molar-refractivity contribution in [3.63, 3.8) is 0 Å². The van der Waals surface area contributed by atoms with E-state index in [-0.39, 0.29) is 6.04 Å². The van der Waals surface area contributed by atoms with Crippen LogP contribution in [0.4, 0.5) is 0 Å². The molecule has 1 fully saturated rings. The van der Waals surface area contributed by atoms with E-state index in [0.717, 1.165) is 18.7 Å². The van der Waals surface area contributed by atoms with Gasteiger partial charge in [0.05, 0.1) is 18.1 Å². The summed E-state index contributed by atoms with van der Waals surface area (Å²) in [6.45, 7) is 5.52. The number of imidazole rings is 1. The van der Waals surface area contributed by atoms with E-state index in [1.807, 2.05) is 17.9 Å². The zero-order valence-corrected chi connectivity index (χ0v) is 9.72. The second kappa shape index (κ2) is 3.94. The molecule has 1 aromatic heterocycles. The molecule has 0 aromatic carbocycles. The summed E-state index contributed by atoms with van der Waals surface area (Å²) in [5, 5.41) is 0. The highest BCUT2D eigenvalue weighted by Crippen LogP contribution is 2.31. The molecule has 0 bridgehead atoms. The second-order valence-electron chi connectivity index (χ2n) is 4.69. The first-order valence-corrected chi connectivity index (χ1v) is 5.59. The maximum atomic E-state index is 6.16. The normalized spacial score (nSPS) is 27.8. The number of aromatic nitrogens is 2. The van der Waals surface area contributed by atoms with Crippen molar-refractivity contribution < 1.29 is 0 Å². The van der Waals surface area contributed by atoms with E-state index >= 15 is 0 Å². The van der Waals surface area contributed by atoms with Crippen molar-refractivity contribution in [1.29, 1.82) is 0 Å². The van der Waals surface area contributed by atoms with Gasteiger partial charge in [0.25, 0.3) is 0 Å². The summed E-state index contributed by atoms with van der Waals surface area (Å²) in [6, 6.07) is 1.05. The molecule has 0 radical (unpaired) electrons. The molecule has 4 nitrogen and oxygen atoms in total. The van der Waals surface area contributed by atoms with E-state index in [9.17, 15) is 0 Å². The van der Waals surface area contributed by atoms with Crippen LogP contribution in [0, 0.1) is 0 Å². The van der Waals surface area contributed by atoms with Crippen molar-refractivity contribution in [3.05, 3.63) is 18.2 Å². The van der Waals surface area contributed by atoms with Crippen molar-refractivity contribution in [2.75, 3.05) is 6.54 Å². The minimum absolute atomic E-state index is 0.224. The van der Waals surface area contributed by atoms with Crippen LogP contribution in [0.1, 0.15) is 32.0 Å². The standard InChI is InChI=1S/C11H20N4/c1-8(2)15-5-4-9(12)11(15)10-6-14(3)7-13-10/h6-9,11H,4-5,12H2,1-3H3/t9-,11-/m0/s1. The number of nitrogens with two attached hydrogens (primary N) is 1. The first kappa shape index (κ1) is 10.6. The van der Waals surface area contributed by atoms with Gasteiger partial charge in [-0.05, 0) is 20.3 Å². The molecule has 1 aromatic rings. The summed E-state index contributed by atoms with van der Waals surface area (Å²) in [5.41, 5.74) is 7.27. The van der Waals surface area contributed by atoms with Crippen molar-refractivity contribution in [3.8, 4) is 0 Å². The van der Waals surface area contributed by atoms with Crippen molar-refractivity contribution in [2.24, 2.45) is 12.8 Å². The molecule has 2 atom stereocenters. The highest BCUT2D eigenvalue weighted by molar-refractivity contribution is 5.10. The van der Waals surface area contributed by atoms with Crippen LogP contribution < -0.4 is 5.73 Å². The van der Waals surface area contributed by atoms with E-state index < -0.39 is 0 Å². The first-order valence-electron chi connectivity index (χ1n) is 5.59. The Labute approximate surface area is 91.1 Å². The van der Waals surface area contributed by atoms with Gasteiger partial charge in [0.2, 0.25) is 0 Å². The fourth-order valence-electron chi connectivity index (χ4n) is 2.40. The second-order valence-corrected chi connectivity index (χ2v) is 4.69. The van der Waals surface area contributed by atoms with Crippen LogP contribution in [0.5, 0.6) is 0 Å². The summed E-state index contributed by atoms with van der Waals surface area (Å²) in [7, 11) is 2.00. The number of nitrogens with zero attached hydrogens (tertiary/aromatic N) is 3. The Kier molecular flexibility index (Phi) is 2.80. The molecule has 84 valence electrons. The maximum Gasteiger partial charge on any atom is 0.0947 e. The predicted molar refractivity (Wildman–Crippen MR) is 60.4 cm³/mol. The average Bonchev–Trinajstić information content (AvgIpc) is 2.71. The van der Waals surface area contributed by atoms with Gasteiger partial charge in [-0.1, -0.05) is 0 Å². The molecule has 0 aliphatic carbocycles. The molecule has 2 heterocycles. The van der Waals surface area contributed by atoms with E-state index in [2.05, 4.69) is 29.9 Å². The summed E-state index contributed by atoms with van der Waals surface area (Å²) in [6.07, 6.45) is 4.99. The Morgan fingerprint density at radius 2 is 2.27 bits per heavy atom. The quantitative estimate of drug-likeness (QED) is 0.785. The highest BCUT2D eigenvalue weighted by Gasteiger charge is 2.35. The van der Waals surface area contributed by atoms with Gasteiger partial charge in [0, 0.05) is 31.9 Å². The molecule has 1 saturated heterocycles. The van der Waals surface area contributed by atoms with Crippen LogP contribution in [-0.4, -0.2) is 33.1 Å². The van der Waals surface area contributed by atoms with Gasteiger partial charge in [-0.25, -0.2) is 4.98 Å². The Balaban J connectivity index is 2.24. The number of likely N-dealkylation sites (tertiary alicyclic amines) is 1. The topological polar surface area (TPSA) is 47.1 Å². The lowest BCUT2D eigenvalue weighted by Crippen LogP contribution is -2.36. The molecular weight excluding hydrogens is 188 g/mol. The van der Waals surface area contributed by atoms with E-state index in [0.29, 0.717) is 12.1 Å². The third-order valence-corrected chi connectivity index (χ3v) is 3.17. The van der Waals surface area contributed by atoms with Crippen LogP contribution >= 0.6 is 0 Å². The van der Waals surface area contributed by atoms with Gasteiger partial charge in [-0.15, -0.1) is 0 Å². The van der Waals surface area contributed by atoms with Gasteiger partial charge in [0.15, 0.2) is 0 Å². The van der Waals surface area contributed by atoms with Crippen LogP contribution in [0.3, 0.4) is 0 Å². The molecule has 1 aliphatic heterocycles. The fraction of sp³-hybridized carbons (Fsp3) is 0.727. The van der Waals surface area contributed by atoms with Crippen LogP contribution in [-0.2, 0) is 7.05 Å². The smallest absolute Gasteiger partial charge is 0.0947 e. The molecule has 2 rings (SSSR count). The molecule has 0 spiro atoms. The third kappa shape index (κ3) is 1.92. The lowest BCUT2D eigenvalue weighted by atomic mass is 10.1. The molecule has 1 aliphatic rings. The average molecular weight is 208 g/mol. The third-order valence-electron chi connectivity index (χ3n) is 3.17. The number of aryl methyl sites for hydroxylation is 1. The van der Waals surface area contributed by atoms with Crippen LogP contribution in [0.15, 0.2) is 12.5 Å². The van der Waals surface area contributed by atoms with Crippen LogP contribution in [0.25, 0.3) is 0 Å². The van der Waals surface area contributed by atoms with E-state index in [1.165, 1.54) is 0 Å². The molecule has 4 heteroatoms. The SMILES string of the molecule is CC(C)N1CC[C@H](N)[C@H]1c1cn(C)cn1. The predicted octanol–water partition coefficient (Wildman–Crippen LogP) is 0.903. The summed E-state index contributed by atoms with van der Waals surface area (Å²) < 4.78 is 1.98. The zero-order chi connectivity index (χ0) is 11.0. The minimum Gasteiger partial charge on any atom is -0.340 e. The van der Waals surface area contributed by atoms with Gasteiger partial charge in [-0.3, -0.25) is 4.90 Å². The lowest BCUT2D eigenvalue weighted by molar-refractivity contribution is 0.195. The van der Waals surface area contributed by atoms with Gasteiger partial charge < -0.3 is 10.3 Å². The first-order chi connectivity index (χ1) is 7.09. The van der Waals surface area contributed by atoms with E-state index in [4.69, 9.17) is 5.73 Å². The molecule has 2 N–H and O–H groups in total. The van der Waals surface area contributed by atoms with E-state index in [1.54, 1.807) is 0 Å². The number of rotatable bonds is 2. The van der Waals surface area contributed by atoms with Crippen molar-refractivity contribution in [2.45, 2.75) is 38.4 Å². The molecule has 0 amide bonds. The summed E-state index contributed by atoms with van der Waals surface area (Å²) in [4.78, 5) is 6.86. The Morgan fingerprint density at radius 1 is 1.53 bits per heavy atom. The highest BCUT2D eigenvalue weighted by atomic mass is 15.2. The number of hydrogen-bond acceptors (Lipinski definition) is 3. The van der Waals surface area contributed by atoms with Crippen molar-refractivity contribution >= 4 is 0 Å². The number of hydrogen-bond donors (Lipinski definition) is 1. The summed E-state index contributed by atoms with van der Waals surface area (Å²) in [5.74, 6) is 0. The molecular formula is C11H20N4. The largest absolute Gasteiger partial charge is 0.340 e. The molecule has 0 saturated carbocycles. The fourth-order valence-corrected chi connectivity index (χ4v) is 2.40. The van der Waals surface area contributed by atoms with Crippen LogP contribution in [0.2, 0.25) is 0 Å². The summed E-state index contributed by atoms with van der Waals surface area (Å²) >= 11 is 0. The minimum atomic E-state index is 0.224. The zero-order valence-electron chi connectivity index (χ0n) is 9.72. The molecule has 15 heavy (non-hydrogen) atoms. The molecule has 0 unspecified atom stereocenters. The van der Waals surface area contributed by atoms with Crippen molar-refractivity contribution in [1.82, 2.24) is 14.5 Å². The lowest BCUT2D eigenvalue weighted by Gasteiger charge is -2.28. The van der Waals surface area contributed by atoms with Gasteiger partial charge in [0.1, 0.15) is 0 Å². The van der Waals surface area contributed by atoms with Gasteiger partial charge in [-0.2, -0.15) is 0 Å². The monoisotopic (exact) mass is 208 g/mol. The Morgan fingerprint density at radius 3 is 2.80 bits per heavy atom. The maximum absolute atomic E-state index is 6.16. The van der Waals surface area contributed by atoms with Gasteiger partial charge >= 0.3 is 0 Å².